The van der Waals surface area contributed by atoms with Gasteiger partial charge in [0.1, 0.15) is 23.9 Å². The number of hydrogen-bond acceptors (Lipinski definition) is 5. The summed E-state index contributed by atoms with van der Waals surface area (Å²) in [4.78, 5) is 4.99. The quantitative estimate of drug-likeness (QED) is 0.281. The van der Waals surface area contributed by atoms with Crippen molar-refractivity contribution in [1.29, 1.82) is 0 Å². The SMILES string of the molecule is COc1cccc(CCc2ccccc2OCCCN2CCN(CCOc3ccccc3Cl)CC2)c1. The molecule has 0 aliphatic carbocycles. The molecule has 0 bridgehead atoms. The molecule has 192 valence electrons. The van der Waals surface area contributed by atoms with Gasteiger partial charge in [-0.3, -0.25) is 4.90 Å². The van der Waals surface area contributed by atoms with Gasteiger partial charge < -0.3 is 19.1 Å². The van der Waals surface area contributed by atoms with E-state index in [1.54, 1.807) is 7.11 Å². The standard InChI is InChI=1S/C30H37ClN2O3/c1-34-27-10-6-8-25(24-27)14-15-26-9-2-4-12-29(26)35-22-7-16-32-17-19-33(20-18-32)21-23-36-30-13-5-3-11-28(30)31/h2-6,8-13,24H,7,14-23H2,1H3. The minimum Gasteiger partial charge on any atom is -0.497 e. The number of ether oxygens (including phenoxy) is 3. The Morgan fingerprint density at radius 2 is 1.42 bits per heavy atom. The average Bonchev–Trinajstić information content (AvgIpc) is 2.92. The fourth-order valence-electron chi connectivity index (χ4n) is 4.51. The molecular weight excluding hydrogens is 472 g/mol. The number of benzene rings is 3. The average molecular weight is 509 g/mol. The molecule has 3 aromatic carbocycles. The molecule has 0 amide bonds. The van der Waals surface area contributed by atoms with Crippen molar-refractivity contribution >= 4 is 11.6 Å². The predicted molar refractivity (Wildman–Crippen MR) is 147 cm³/mol. The molecule has 36 heavy (non-hydrogen) atoms. The van der Waals surface area contributed by atoms with Crippen LogP contribution in [0.15, 0.2) is 72.8 Å². The van der Waals surface area contributed by atoms with Crippen molar-refractivity contribution in [1.82, 2.24) is 9.80 Å². The van der Waals surface area contributed by atoms with Crippen molar-refractivity contribution in [3.63, 3.8) is 0 Å². The Balaban J connectivity index is 1.12. The first-order chi connectivity index (χ1) is 17.7. The Hall–Kier alpha value is -2.73. The van der Waals surface area contributed by atoms with Gasteiger partial charge in [0.25, 0.3) is 0 Å². The van der Waals surface area contributed by atoms with Crippen LogP contribution in [-0.2, 0) is 12.8 Å². The number of halogens is 1. The van der Waals surface area contributed by atoms with E-state index in [-0.39, 0.29) is 0 Å². The van der Waals surface area contributed by atoms with Crippen LogP contribution in [0.5, 0.6) is 17.2 Å². The molecule has 0 spiro atoms. The second-order valence-electron chi connectivity index (χ2n) is 9.12. The Morgan fingerprint density at radius 1 is 0.722 bits per heavy atom. The lowest BCUT2D eigenvalue weighted by atomic mass is 10.0. The fourth-order valence-corrected chi connectivity index (χ4v) is 4.70. The molecule has 6 heteroatoms. The van der Waals surface area contributed by atoms with Crippen molar-refractivity contribution in [2.24, 2.45) is 0 Å². The van der Waals surface area contributed by atoms with Crippen LogP contribution in [-0.4, -0.2) is 69.4 Å². The molecule has 4 rings (SSSR count). The third-order valence-electron chi connectivity index (χ3n) is 6.63. The Labute approximate surface area is 220 Å². The van der Waals surface area contributed by atoms with Crippen LogP contribution in [0, 0.1) is 0 Å². The molecule has 1 fully saturated rings. The number of methoxy groups -OCH3 is 1. The van der Waals surface area contributed by atoms with Gasteiger partial charge in [-0.25, -0.2) is 0 Å². The molecule has 0 N–H and O–H groups in total. The van der Waals surface area contributed by atoms with Crippen LogP contribution in [0.25, 0.3) is 0 Å². The van der Waals surface area contributed by atoms with Gasteiger partial charge in [-0.2, -0.15) is 0 Å². The Morgan fingerprint density at radius 3 is 2.19 bits per heavy atom. The summed E-state index contributed by atoms with van der Waals surface area (Å²) in [5.41, 5.74) is 2.53. The third-order valence-corrected chi connectivity index (χ3v) is 6.94. The lowest BCUT2D eigenvalue weighted by molar-refractivity contribution is 0.112. The zero-order chi connectivity index (χ0) is 25.0. The minimum absolute atomic E-state index is 0.662. The molecule has 0 unspecified atom stereocenters. The highest BCUT2D eigenvalue weighted by Gasteiger charge is 2.16. The zero-order valence-corrected chi connectivity index (χ0v) is 22.0. The summed E-state index contributed by atoms with van der Waals surface area (Å²) < 4.78 is 17.4. The van der Waals surface area contributed by atoms with Crippen molar-refractivity contribution < 1.29 is 14.2 Å². The second-order valence-corrected chi connectivity index (χ2v) is 9.53. The minimum atomic E-state index is 0.662. The maximum atomic E-state index is 6.20. The summed E-state index contributed by atoms with van der Waals surface area (Å²) in [6, 6.07) is 24.3. The molecule has 1 heterocycles. The van der Waals surface area contributed by atoms with Gasteiger partial charge in [-0.15, -0.1) is 0 Å². The number of rotatable bonds is 13. The normalized spacial score (nSPS) is 14.5. The van der Waals surface area contributed by atoms with Gasteiger partial charge in [0.2, 0.25) is 0 Å². The number of aryl methyl sites for hydroxylation is 2. The van der Waals surface area contributed by atoms with E-state index in [4.69, 9.17) is 25.8 Å². The van der Waals surface area contributed by atoms with Crippen LogP contribution < -0.4 is 14.2 Å². The number of piperazine rings is 1. The Kier molecular flexibility index (Phi) is 10.3. The van der Waals surface area contributed by atoms with Gasteiger partial charge in [-0.05, 0) is 60.7 Å². The van der Waals surface area contributed by atoms with E-state index in [0.717, 1.165) is 82.4 Å². The van der Waals surface area contributed by atoms with Crippen molar-refractivity contribution in [2.75, 3.05) is 59.6 Å². The van der Waals surface area contributed by atoms with E-state index < -0.39 is 0 Å². The van der Waals surface area contributed by atoms with Gasteiger partial charge in [0.15, 0.2) is 0 Å². The fraction of sp³-hybridized carbons (Fsp3) is 0.400. The molecule has 1 saturated heterocycles. The second kappa shape index (κ2) is 14.1. The summed E-state index contributed by atoms with van der Waals surface area (Å²) in [6.45, 7) is 7.70. The number of hydrogen-bond donors (Lipinski definition) is 0. The maximum absolute atomic E-state index is 6.20. The number of nitrogens with zero attached hydrogens (tertiary/aromatic N) is 2. The largest absolute Gasteiger partial charge is 0.497 e. The highest BCUT2D eigenvalue weighted by atomic mass is 35.5. The van der Waals surface area contributed by atoms with Gasteiger partial charge in [0, 0.05) is 39.3 Å². The van der Waals surface area contributed by atoms with E-state index >= 15 is 0 Å². The van der Waals surface area contributed by atoms with Gasteiger partial charge in [0.05, 0.1) is 18.7 Å². The number of para-hydroxylation sites is 2. The zero-order valence-electron chi connectivity index (χ0n) is 21.2. The first-order valence-electron chi connectivity index (χ1n) is 12.9. The van der Waals surface area contributed by atoms with Crippen molar-refractivity contribution in [3.05, 3.63) is 88.9 Å². The molecule has 1 aliphatic rings. The van der Waals surface area contributed by atoms with E-state index in [0.29, 0.717) is 11.6 Å². The summed E-state index contributed by atoms with van der Waals surface area (Å²) >= 11 is 6.16. The van der Waals surface area contributed by atoms with E-state index in [9.17, 15) is 0 Å². The van der Waals surface area contributed by atoms with E-state index in [1.807, 2.05) is 36.4 Å². The molecule has 0 aromatic heterocycles. The van der Waals surface area contributed by atoms with Crippen LogP contribution in [0.4, 0.5) is 0 Å². The highest BCUT2D eigenvalue weighted by Crippen LogP contribution is 2.23. The first kappa shape index (κ1) is 26.3. The van der Waals surface area contributed by atoms with Crippen molar-refractivity contribution in [2.45, 2.75) is 19.3 Å². The van der Waals surface area contributed by atoms with E-state index in [2.05, 4.69) is 46.2 Å². The molecular formula is C30H37ClN2O3. The smallest absolute Gasteiger partial charge is 0.137 e. The van der Waals surface area contributed by atoms with E-state index in [1.165, 1.54) is 11.1 Å². The van der Waals surface area contributed by atoms with Crippen LogP contribution >= 0.6 is 11.6 Å². The maximum Gasteiger partial charge on any atom is 0.137 e. The molecule has 3 aromatic rings. The topological polar surface area (TPSA) is 34.2 Å². The molecule has 5 nitrogen and oxygen atoms in total. The van der Waals surface area contributed by atoms with Gasteiger partial charge in [-0.1, -0.05) is 54.1 Å². The summed E-state index contributed by atoms with van der Waals surface area (Å²) in [5, 5.41) is 0.670. The molecule has 1 aliphatic heterocycles. The van der Waals surface area contributed by atoms with Gasteiger partial charge >= 0.3 is 0 Å². The first-order valence-corrected chi connectivity index (χ1v) is 13.2. The third kappa shape index (κ3) is 8.16. The van der Waals surface area contributed by atoms with Crippen LogP contribution in [0.2, 0.25) is 5.02 Å². The summed E-state index contributed by atoms with van der Waals surface area (Å²) in [5.74, 6) is 2.67. The lowest BCUT2D eigenvalue weighted by Gasteiger charge is -2.34. The molecule has 0 radical (unpaired) electrons. The monoisotopic (exact) mass is 508 g/mol. The predicted octanol–water partition coefficient (Wildman–Crippen LogP) is 5.60. The molecule has 0 atom stereocenters. The van der Waals surface area contributed by atoms with Crippen molar-refractivity contribution in [3.8, 4) is 17.2 Å². The summed E-state index contributed by atoms with van der Waals surface area (Å²) in [7, 11) is 1.71. The summed E-state index contributed by atoms with van der Waals surface area (Å²) in [6.07, 6.45) is 2.94. The van der Waals surface area contributed by atoms with Crippen LogP contribution in [0.1, 0.15) is 17.5 Å². The molecule has 0 saturated carbocycles. The highest BCUT2D eigenvalue weighted by molar-refractivity contribution is 6.32. The lowest BCUT2D eigenvalue weighted by Crippen LogP contribution is -2.47. The Bertz CT molecular complexity index is 1070. The van der Waals surface area contributed by atoms with Crippen LogP contribution in [0.3, 0.4) is 0 Å².